The van der Waals surface area contributed by atoms with Crippen LogP contribution in [0.1, 0.15) is 29.6 Å². The van der Waals surface area contributed by atoms with Crippen molar-refractivity contribution in [2.24, 2.45) is 5.92 Å². The summed E-state index contributed by atoms with van der Waals surface area (Å²) in [7, 11) is 1.74. The summed E-state index contributed by atoms with van der Waals surface area (Å²) in [5.41, 5.74) is 0.426. The first-order valence-electron chi connectivity index (χ1n) is 7.37. The fourth-order valence-electron chi connectivity index (χ4n) is 3.52. The van der Waals surface area contributed by atoms with Gasteiger partial charge in [-0.1, -0.05) is 6.42 Å². The monoisotopic (exact) mass is 313 g/mol. The molecule has 0 unspecified atom stereocenters. The van der Waals surface area contributed by atoms with Crippen LogP contribution in [-0.4, -0.2) is 49.8 Å². The number of ether oxygens (including phenoxy) is 2. The Morgan fingerprint density at radius 2 is 2.33 bits per heavy atom. The molecule has 3 rings (SSSR count). The van der Waals surface area contributed by atoms with E-state index in [1.807, 2.05) is 4.90 Å². The molecule has 116 valence electrons. The molecule has 6 heteroatoms. The third-order valence-electron chi connectivity index (χ3n) is 4.58. The maximum Gasteiger partial charge on any atom is 0.259 e. The summed E-state index contributed by atoms with van der Waals surface area (Å²) < 4.78 is 16.2. The lowest BCUT2D eigenvalue weighted by Crippen LogP contribution is -2.53. The zero-order valence-electron chi connectivity index (χ0n) is 12.1. The van der Waals surface area contributed by atoms with E-state index in [4.69, 9.17) is 25.5 Å². The van der Waals surface area contributed by atoms with Crippen molar-refractivity contribution in [3.8, 4) is 0 Å². The lowest BCUT2D eigenvalue weighted by molar-refractivity contribution is -0.0460. The maximum absolute atomic E-state index is 12.7. The highest BCUT2D eigenvalue weighted by Gasteiger charge is 2.41. The smallest absolute Gasteiger partial charge is 0.259 e. The van der Waals surface area contributed by atoms with E-state index in [0.717, 1.165) is 19.3 Å². The zero-order chi connectivity index (χ0) is 14.8. The van der Waals surface area contributed by atoms with Crippen LogP contribution in [0.15, 0.2) is 16.7 Å². The second-order valence-corrected chi connectivity index (χ2v) is 5.96. The summed E-state index contributed by atoms with van der Waals surface area (Å²) in [6.07, 6.45) is 4.89. The molecule has 2 fully saturated rings. The van der Waals surface area contributed by atoms with Crippen LogP contribution in [0, 0.1) is 5.92 Å². The van der Waals surface area contributed by atoms with Crippen molar-refractivity contribution in [2.45, 2.75) is 31.4 Å². The van der Waals surface area contributed by atoms with Crippen molar-refractivity contribution in [3.05, 3.63) is 23.1 Å². The van der Waals surface area contributed by atoms with Gasteiger partial charge >= 0.3 is 0 Å². The van der Waals surface area contributed by atoms with Crippen molar-refractivity contribution < 1.29 is 18.7 Å². The lowest BCUT2D eigenvalue weighted by Gasteiger charge is -2.40. The minimum Gasteiger partial charge on any atom is -0.452 e. The Kier molecular flexibility index (Phi) is 4.52. The second kappa shape index (κ2) is 6.38. The van der Waals surface area contributed by atoms with Crippen molar-refractivity contribution in [3.63, 3.8) is 0 Å². The topological polar surface area (TPSA) is 51.9 Å². The molecule has 1 aliphatic heterocycles. The molecule has 0 N–H and O–H groups in total. The second-order valence-electron chi connectivity index (χ2n) is 5.62. The van der Waals surface area contributed by atoms with Gasteiger partial charge in [-0.3, -0.25) is 4.79 Å². The van der Waals surface area contributed by atoms with Crippen LogP contribution < -0.4 is 0 Å². The van der Waals surface area contributed by atoms with Gasteiger partial charge in [0.2, 0.25) is 5.22 Å². The Hall–Kier alpha value is -1.04. The van der Waals surface area contributed by atoms with Crippen molar-refractivity contribution in [1.82, 2.24) is 4.90 Å². The molecule has 1 aliphatic carbocycles. The van der Waals surface area contributed by atoms with Gasteiger partial charge in [0, 0.05) is 19.6 Å². The average Bonchev–Trinajstić information content (AvgIpc) is 3.14. The van der Waals surface area contributed by atoms with Gasteiger partial charge in [-0.05, 0) is 30.5 Å². The van der Waals surface area contributed by atoms with E-state index in [9.17, 15) is 4.79 Å². The predicted molar refractivity (Wildman–Crippen MR) is 77.5 cm³/mol. The molecule has 1 saturated heterocycles. The van der Waals surface area contributed by atoms with E-state index in [2.05, 4.69) is 0 Å². The number of morpholine rings is 1. The summed E-state index contributed by atoms with van der Waals surface area (Å²) in [5.74, 6) is 0.244. The Bertz CT molecular complexity index is 504. The summed E-state index contributed by atoms with van der Waals surface area (Å²) in [4.78, 5) is 14.6. The molecule has 1 amide bonds. The molecule has 0 aromatic carbocycles. The van der Waals surface area contributed by atoms with Gasteiger partial charge < -0.3 is 18.8 Å². The predicted octanol–water partition coefficient (Wildman–Crippen LogP) is 2.59. The van der Waals surface area contributed by atoms with Crippen LogP contribution in [0.5, 0.6) is 0 Å². The Labute approximate surface area is 129 Å². The molecule has 2 heterocycles. The van der Waals surface area contributed by atoms with Gasteiger partial charge in [0.1, 0.15) is 0 Å². The van der Waals surface area contributed by atoms with E-state index in [-0.39, 0.29) is 23.3 Å². The highest BCUT2D eigenvalue weighted by Crippen LogP contribution is 2.35. The highest BCUT2D eigenvalue weighted by molar-refractivity contribution is 6.32. The normalized spacial score (nSPS) is 29.8. The molecule has 0 spiro atoms. The van der Waals surface area contributed by atoms with Gasteiger partial charge in [0.25, 0.3) is 5.91 Å². The van der Waals surface area contributed by atoms with E-state index >= 15 is 0 Å². The van der Waals surface area contributed by atoms with Crippen molar-refractivity contribution in [2.75, 3.05) is 26.9 Å². The maximum atomic E-state index is 12.7. The van der Waals surface area contributed by atoms with Crippen LogP contribution in [-0.2, 0) is 9.47 Å². The molecule has 1 saturated carbocycles. The van der Waals surface area contributed by atoms with Gasteiger partial charge in [-0.2, -0.15) is 0 Å². The number of methoxy groups -OCH3 is 1. The van der Waals surface area contributed by atoms with Crippen molar-refractivity contribution in [1.29, 1.82) is 0 Å². The first-order valence-corrected chi connectivity index (χ1v) is 7.74. The van der Waals surface area contributed by atoms with Crippen LogP contribution in [0.2, 0.25) is 5.22 Å². The third kappa shape index (κ3) is 2.82. The first kappa shape index (κ1) is 14.9. The fourth-order valence-corrected chi connectivity index (χ4v) is 3.71. The Morgan fingerprint density at radius 1 is 1.48 bits per heavy atom. The minimum atomic E-state index is -0.0798. The number of hydrogen-bond acceptors (Lipinski definition) is 4. The van der Waals surface area contributed by atoms with Gasteiger partial charge in [-0.15, -0.1) is 0 Å². The van der Waals surface area contributed by atoms with E-state index in [1.165, 1.54) is 6.26 Å². The summed E-state index contributed by atoms with van der Waals surface area (Å²) in [5, 5.41) is 0.153. The summed E-state index contributed by atoms with van der Waals surface area (Å²) in [6, 6.07) is 1.67. The number of hydrogen-bond donors (Lipinski definition) is 0. The lowest BCUT2D eigenvalue weighted by atomic mass is 9.93. The molecule has 0 radical (unpaired) electrons. The first-order chi connectivity index (χ1) is 10.2. The summed E-state index contributed by atoms with van der Waals surface area (Å²) >= 11 is 5.95. The molecule has 21 heavy (non-hydrogen) atoms. The molecular weight excluding hydrogens is 294 g/mol. The van der Waals surface area contributed by atoms with Gasteiger partial charge in [0.05, 0.1) is 37.2 Å². The van der Waals surface area contributed by atoms with Crippen LogP contribution in [0.25, 0.3) is 0 Å². The van der Waals surface area contributed by atoms with E-state index in [1.54, 1.807) is 13.2 Å². The van der Waals surface area contributed by atoms with Crippen molar-refractivity contribution >= 4 is 17.5 Å². The van der Waals surface area contributed by atoms with Gasteiger partial charge in [0.15, 0.2) is 0 Å². The number of carbonyl (C=O) groups is 1. The number of furan rings is 1. The molecular formula is C15H20ClNO4. The quantitative estimate of drug-likeness (QED) is 0.860. The van der Waals surface area contributed by atoms with Crippen LogP contribution in [0.4, 0.5) is 0 Å². The molecule has 5 nitrogen and oxygen atoms in total. The highest BCUT2D eigenvalue weighted by atomic mass is 35.5. The van der Waals surface area contributed by atoms with E-state index in [0.29, 0.717) is 31.2 Å². The standard InChI is InChI=1S/C15H20ClNO4/c1-19-13-4-2-3-10(13)12-9-20-8-6-17(12)15(18)11-5-7-21-14(11)16/h5,7,10,12-13H,2-4,6,8-9H2,1H3/t10-,12+,13+/m0/s1. The Morgan fingerprint density at radius 3 is 3.05 bits per heavy atom. The SMILES string of the molecule is CO[C@@H]1CCC[C@H]1[C@H]1COCCN1C(=O)c1ccoc1Cl. The van der Waals surface area contributed by atoms with E-state index < -0.39 is 0 Å². The average molecular weight is 314 g/mol. The molecule has 2 aliphatic rings. The number of nitrogens with zero attached hydrogens (tertiary/aromatic N) is 1. The van der Waals surface area contributed by atoms with Crippen LogP contribution >= 0.6 is 11.6 Å². The molecule has 3 atom stereocenters. The zero-order valence-corrected chi connectivity index (χ0v) is 12.8. The third-order valence-corrected chi connectivity index (χ3v) is 4.87. The Balaban J connectivity index is 1.81. The van der Waals surface area contributed by atoms with Crippen LogP contribution in [0.3, 0.4) is 0 Å². The molecule has 0 bridgehead atoms. The molecule has 1 aromatic rings. The largest absolute Gasteiger partial charge is 0.452 e. The minimum absolute atomic E-state index is 0.0460. The molecule has 1 aromatic heterocycles. The summed E-state index contributed by atoms with van der Waals surface area (Å²) in [6.45, 7) is 1.70. The fraction of sp³-hybridized carbons (Fsp3) is 0.667. The number of carbonyl (C=O) groups excluding carboxylic acids is 1. The number of halogens is 1. The van der Waals surface area contributed by atoms with Gasteiger partial charge in [-0.25, -0.2) is 0 Å². The number of amides is 1. The number of rotatable bonds is 3.